The third-order valence-corrected chi connectivity index (χ3v) is 2.82. The first-order valence-electron chi connectivity index (χ1n) is 5.61. The van der Waals surface area contributed by atoms with E-state index in [0.29, 0.717) is 0 Å². The zero-order valence-electron chi connectivity index (χ0n) is 10.4. The van der Waals surface area contributed by atoms with Crippen LogP contribution in [-0.4, -0.2) is 14.2 Å². The molecule has 3 nitrogen and oxygen atoms in total. The highest BCUT2D eigenvalue weighted by molar-refractivity contribution is 5.42. The van der Waals surface area contributed by atoms with Gasteiger partial charge in [-0.15, -0.1) is 0 Å². The Morgan fingerprint density at radius 2 is 2.12 bits per heavy atom. The molecule has 2 rings (SSSR count). The summed E-state index contributed by atoms with van der Waals surface area (Å²) in [6, 6.07) is 10.0. The van der Waals surface area contributed by atoms with Gasteiger partial charge in [0.2, 0.25) is 0 Å². The van der Waals surface area contributed by atoms with E-state index in [4.69, 9.17) is 9.15 Å². The van der Waals surface area contributed by atoms with E-state index >= 15 is 0 Å². The van der Waals surface area contributed by atoms with Crippen LogP contribution in [0.15, 0.2) is 41.0 Å². The van der Waals surface area contributed by atoms with Crippen molar-refractivity contribution in [3.63, 3.8) is 0 Å². The van der Waals surface area contributed by atoms with E-state index in [-0.39, 0.29) is 6.04 Å². The lowest BCUT2D eigenvalue weighted by atomic mass is 10.0. The van der Waals surface area contributed by atoms with E-state index in [2.05, 4.69) is 17.4 Å². The summed E-state index contributed by atoms with van der Waals surface area (Å²) in [4.78, 5) is 0. The zero-order chi connectivity index (χ0) is 12.3. The quantitative estimate of drug-likeness (QED) is 0.878. The van der Waals surface area contributed by atoms with Crippen LogP contribution in [0.1, 0.15) is 22.9 Å². The van der Waals surface area contributed by atoms with Crippen molar-refractivity contribution in [3.8, 4) is 5.75 Å². The summed E-state index contributed by atoms with van der Waals surface area (Å²) in [7, 11) is 3.60. The van der Waals surface area contributed by atoms with Crippen molar-refractivity contribution in [1.29, 1.82) is 0 Å². The molecule has 17 heavy (non-hydrogen) atoms. The third-order valence-electron chi connectivity index (χ3n) is 2.82. The average Bonchev–Trinajstić information content (AvgIpc) is 2.85. The first kappa shape index (κ1) is 11.7. The number of rotatable bonds is 4. The van der Waals surface area contributed by atoms with E-state index < -0.39 is 0 Å². The number of aryl methyl sites for hydroxylation is 1. The highest BCUT2D eigenvalue weighted by Crippen LogP contribution is 2.30. The molecule has 0 aliphatic heterocycles. The molecule has 1 heterocycles. The van der Waals surface area contributed by atoms with Crippen LogP contribution in [0.2, 0.25) is 0 Å². The summed E-state index contributed by atoms with van der Waals surface area (Å²) in [5.41, 5.74) is 2.26. The number of nitrogens with one attached hydrogen (secondary N) is 1. The van der Waals surface area contributed by atoms with Gasteiger partial charge in [0.05, 0.1) is 19.4 Å². The number of methoxy groups -OCH3 is 1. The Morgan fingerprint density at radius 3 is 2.71 bits per heavy atom. The lowest BCUT2D eigenvalue weighted by molar-refractivity contribution is 0.396. The normalized spacial score (nSPS) is 12.4. The van der Waals surface area contributed by atoms with Crippen LogP contribution in [0, 0.1) is 6.92 Å². The van der Waals surface area contributed by atoms with Gasteiger partial charge in [-0.3, -0.25) is 0 Å². The van der Waals surface area contributed by atoms with Crippen LogP contribution in [-0.2, 0) is 0 Å². The smallest absolute Gasteiger partial charge is 0.125 e. The SMILES string of the molecule is CNC(c1ccco1)c1ccc(C)cc1OC. The van der Waals surface area contributed by atoms with Crippen LogP contribution in [0.3, 0.4) is 0 Å². The molecular weight excluding hydrogens is 214 g/mol. The predicted octanol–water partition coefficient (Wildman–Crippen LogP) is 2.91. The predicted molar refractivity (Wildman–Crippen MR) is 67.3 cm³/mol. The van der Waals surface area contributed by atoms with E-state index in [9.17, 15) is 0 Å². The molecule has 2 aromatic rings. The summed E-state index contributed by atoms with van der Waals surface area (Å²) in [5, 5.41) is 3.24. The first-order valence-corrected chi connectivity index (χ1v) is 5.61. The monoisotopic (exact) mass is 231 g/mol. The molecule has 1 aromatic heterocycles. The van der Waals surface area contributed by atoms with Gasteiger partial charge in [-0.2, -0.15) is 0 Å². The molecule has 1 unspecified atom stereocenters. The maximum Gasteiger partial charge on any atom is 0.125 e. The topological polar surface area (TPSA) is 34.4 Å². The standard InChI is InChI=1S/C14H17NO2/c1-10-6-7-11(13(9-10)16-3)14(15-2)12-5-4-8-17-12/h4-9,14-15H,1-3H3. The van der Waals surface area contributed by atoms with Crippen molar-refractivity contribution in [2.45, 2.75) is 13.0 Å². The summed E-state index contributed by atoms with van der Waals surface area (Å²) in [6.07, 6.45) is 1.68. The second kappa shape index (κ2) is 5.06. The van der Waals surface area contributed by atoms with Crippen molar-refractivity contribution in [1.82, 2.24) is 5.32 Å². The van der Waals surface area contributed by atoms with Crippen LogP contribution in [0.5, 0.6) is 5.75 Å². The molecule has 1 N–H and O–H groups in total. The average molecular weight is 231 g/mol. The second-order valence-electron chi connectivity index (χ2n) is 3.98. The highest BCUT2D eigenvalue weighted by atomic mass is 16.5. The Bertz CT molecular complexity index is 477. The highest BCUT2D eigenvalue weighted by Gasteiger charge is 2.18. The fourth-order valence-corrected chi connectivity index (χ4v) is 1.96. The largest absolute Gasteiger partial charge is 0.496 e. The molecule has 0 aliphatic rings. The number of furan rings is 1. The van der Waals surface area contributed by atoms with E-state index in [1.54, 1.807) is 13.4 Å². The fraction of sp³-hybridized carbons (Fsp3) is 0.286. The Balaban J connectivity index is 2.44. The van der Waals surface area contributed by atoms with Gasteiger partial charge in [-0.05, 0) is 37.7 Å². The molecule has 0 saturated carbocycles. The minimum absolute atomic E-state index is 0.0144. The molecule has 0 spiro atoms. The minimum atomic E-state index is 0.0144. The number of benzene rings is 1. The Hall–Kier alpha value is -1.74. The molecule has 0 saturated heterocycles. The van der Waals surface area contributed by atoms with Gasteiger partial charge < -0.3 is 14.5 Å². The molecule has 0 fully saturated rings. The van der Waals surface area contributed by atoms with Crippen LogP contribution < -0.4 is 10.1 Å². The van der Waals surface area contributed by atoms with Crippen LogP contribution in [0.25, 0.3) is 0 Å². The number of ether oxygens (including phenoxy) is 1. The second-order valence-corrected chi connectivity index (χ2v) is 3.98. The molecule has 1 atom stereocenters. The van der Waals surface area contributed by atoms with Gasteiger partial charge in [0, 0.05) is 5.56 Å². The minimum Gasteiger partial charge on any atom is -0.496 e. The van der Waals surface area contributed by atoms with Gasteiger partial charge in [0.25, 0.3) is 0 Å². The van der Waals surface area contributed by atoms with Gasteiger partial charge in [0.1, 0.15) is 11.5 Å². The van der Waals surface area contributed by atoms with Crippen molar-refractivity contribution in [2.24, 2.45) is 0 Å². The van der Waals surface area contributed by atoms with Crippen molar-refractivity contribution in [3.05, 3.63) is 53.5 Å². The molecule has 1 aromatic carbocycles. The van der Waals surface area contributed by atoms with Gasteiger partial charge in [0.15, 0.2) is 0 Å². The van der Waals surface area contributed by atoms with E-state index in [0.717, 1.165) is 17.1 Å². The first-order chi connectivity index (χ1) is 8.26. The van der Waals surface area contributed by atoms with E-state index in [1.807, 2.05) is 32.2 Å². The van der Waals surface area contributed by atoms with E-state index in [1.165, 1.54) is 5.56 Å². The summed E-state index contributed by atoms with van der Waals surface area (Å²) in [6.45, 7) is 2.05. The van der Waals surface area contributed by atoms with Crippen LogP contribution >= 0.6 is 0 Å². The van der Waals surface area contributed by atoms with Crippen molar-refractivity contribution in [2.75, 3.05) is 14.2 Å². The van der Waals surface area contributed by atoms with Gasteiger partial charge in [-0.1, -0.05) is 12.1 Å². The Morgan fingerprint density at radius 1 is 1.29 bits per heavy atom. The Kier molecular flexibility index (Phi) is 3.49. The molecule has 3 heteroatoms. The summed E-state index contributed by atoms with van der Waals surface area (Å²) in [5.74, 6) is 1.76. The number of hydrogen-bond donors (Lipinski definition) is 1. The molecule has 90 valence electrons. The third kappa shape index (κ3) is 2.34. The van der Waals surface area contributed by atoms with Crippen molar-refractivity contribution < 1.29 is 9.15 Å². The Labute approximate surface area is 101 Å². The molecule has 0 aliphatic carbocycles. The van der Waals surface area contributed by atoms with Gasteiger partial charge in [-0.25, -0.2) is 0 Å². The fourth-order valence-electron chi connectivity index (χ4n) is 1.96. The zero-order valence-corrected chi connectivity index (χ0v) is 10.4. The molecule has 0 radical (unpaired) electrons. The maximum atomic E-state index is 5.45. The van der Waals surface area contributed by atoms with Crippen molar-refractivity contribution >= 4 is 0 Å². The molecule has 0 amide bonds. The summed E-state index contributed by atoms with van der Waals surface area (Å²) < 4.78 is 10.9. The molecular formula is C14H17NO2. The lowest BCUT2D eigenvalue weighted by Crippen LogP contribution is -2.17. The lowest BCUT2D eigenvalue weighted by Gasteiger charge is -2.17. The van der Waals surface area contributed by atoms with Crippen LogP contribution in [0.4, 0.5) is 0 Å². The maximum absolute atomic E-state index is 5.45. The molecule has 0 bridgehead atoms. The number of hydrogen-bond acceptors (Lipinski definition) is 3. The summed E-state index contributed by atoms with van der Waals surface area (Å²) >= 11 is 0. The van der Waals surface area contributed by atoms with Gasteiger partial charge >= 0.3 is 0 Å².